The number of fused-ring (bicyclic) bond motifs is 3. The van der Waals surface area contributed by atoms with Gasteiger partial charge in [0, 0.05) is 18.2 Å². The Balaban J connectivity index is 0.00000306. The second-order valence-electron chi connectivity index (χ2n) is 8.59. The van der Waals surface area contributed by atoms with Crippen LogP contribution in [0.1, 0.15) is 36.5 Å². The number of aryl methyl sites for hydroxylation is 2. The van der Waals surface area contributed by atoms with Crippen molar-refractivity contribution in [2.24, 2.45) is 0 Å². The number of rotatable bonds is 9. The first-order valence-corrected chi connectivity index (χ1v) is 11.3. The Morgan fingerprint density at radius 3 is 2.55 bits per heavy atom. The van der Waals surface area contributed by atoms with Crippen LogP contribution in [0.25, 0.3) is 11.0 Å². The maximum Gasteiger partial charge on any atom is 0.339 e. The molecule has 0 aliphatic heterocycles. The molecule has 0 saturated heterocycles. The van der Waals surface area contributed by atoms with Crippen LogP contribution in [-0.2, 0) is 12.8 Å². The monoisotopic (exact) mass is 473 g/mol. The molecule has 0 amide bonds. The maximum atomic E-state index is 12.4. The normalized spacial score (nSPS) is 14.8. The molecule has 1 heterocycles. The minimum absolute atomic E-state index is 0. The topological polar surface area (TPSA) is 80.9 Å². The van der Waals surface area contributed by atoms with E-state index < -0.39 is 6.10 Å². The summed E-state index contributed by atoms with van der Waals surface area (Å²) in [6, 6.07) is 13.6. The molecule has 2 unspecified atom stereocenters. The fourth-order valence-electron chi connectivity index (χ4n) is 4.16. The SMILES string of the molecule is Cc1cc(OCC(O)CNC(C)COc2ccccc2)c2c3c(c(=O)oc2c1)CCCC3.Cl. The molecular formula is C26H32ClNO5. The summed E-state index contributed by atoms with van der Waals surface area (Å²) in [4.78, 5) is 12.4. The van der Waals surface area contributed by atoms with Crippen LogP contribution in [0.3, 0.4) is 0 Å². The van der Waals surface area contributed by atoms with Gasteiger partial charge in [-0.15, -0.1) is 12.4 Å². The van der Waals surface area contributed by atoms with Crippen LogP contribution in [-0.4, -0.2) is 37.0 Å². The molecule has 0 saturated carbocycles. The van der Waals surface area contributed by atoms with E-state index in [1.54, 1.807) is 0 Å². The Morgan fingerprint density at radius 2 is 1.79 bits per heavy atom. The van der Waals surface area contributed by atoms with Gasteiger partial charge in [-0.3, -0.25) is 0 Å². The Labute approximate surface area is 200 Å². The third-order valence-corrected chi connectivity index (χ3v) is 5.81. The van der Waals surface area contributed by atoms with E-state index in [0.29, 0.717) is 24.5 Å². The zero-order valence-electron chi connectivity index (χ0n) is 19.1. The van der Waals surface area contributed by atoms with Gasteiger partial charge in [0.15, 0.2) is 0 Å². The smallest absolute Gasteiger partial charge is 0.339 e. The van der Waals surface area contributed by atoms with Crippen LogP contribution in [0.2, 0.25) is 0 Å². The molecule has 1 aliphatic carbocycles. The first-order valence-electron chi connectivity index (χ1n) is 11.3. The number of hydrogen-bond acceptors (Lipinski definition) is 6. The van der Waals surface area contributed by atoms with Crippen molar-refractivity contribution in [1.82, 2.24) is 5.32 Å². The quantitative estimate of drug-likeness (QED) is 0.453. The van der Waals surface area contributed by atoms with Gasteiger partial charge in [-0.25, -0.2) is 4.79 Å². The average Bonchev–Trinajstić information content (AvgIpc) is 2.80. The van der Waals surface area contributed by atoms with Gasteiger partial charge in [-0.2, -0.15) is 0 Å². The highest BCUT2D eigenvalue weighted by Crippen LogP contribution is 2.34. The summed E-state index contributed by atoms with van der Waals surface area (Å²) in [5.74, 6) is 1.49. The molecule has 2 aromatic carbocycles. The molecule has 1 aromatic heterocycles. The van der Waals surface area contributed by atoms with E-state index >= 15 is 0 Å². The summed E-state index contributed by atoms with van der Waals surface area (Å²) >= 11 is 0. The van der Waals surface area contributed by atoms with Gasteiger partial charge in [-0.05, 0) is 74.9 Å². The summed E-state index contributed by atoms with van der Waals surface area (Å²) in [5.41, 5.74) is 3.08. The molecule has 0 spiro atoms. The van der Waals surface area contributed by atoms with Gasteiger partial charge in [0.2, 0.25) is 0 Å². The summed E-state index contributed by atoms with van der Waals surface area (Å²) in [6.45, 7) is 4.99. The lowest BCUT2D eigenvalue weighted by atomic mass is 9.90. The van der Waals surface area contributed by atoms with Crippen molar-refractivity contribution in [3.8, 4) is 11.5 Å². The standard InChI is InChI=1S/C26H31NO5.ClH/c1-17-12-23(25-21-10-6-7-11-22(21)26(29)32-24(25)13-17)31-16-19(28)14-27-18(2)15-30-20-8-4-3-5-9-20;/h3-5,8-9,12-13,18-19,27-28H,6-7,10-11,14-16H2,1-2H3;1H. The van der Waals surface area contributed by atoms with E-state index in [-0.39, 0.29) is 30.7 Å². The minimum atomic E-state index is -0.684. The lowest BCUT2D eigenvalue weighted by Crippen LogP contribution is -2.39. The summed E-state index contributed by atoms with van der Waals surface area (Å²) < 4.78 is 17.4. The van der Waals surface area contributed by atoms with Gasteiger partial charge in [-0.1, -0.05) is 18.2 Å². The first kappa shape index (κ1) is 25.1. The van der Waals surface area contributed by atoms with Crippen LogP contribution in [0, 0.1) is 6.92 Å². The van der Waals surface area contributed by atoms with Crippen molar-refractivity contribution in [3.05, 3.63) is 69.6 Å². The molecule has 4 rings (SSSR count). The fourth-order valence-corrected chi connectivity index (χ4v) is 4.16. The molecule has 33 heavy (non-hydrogen) atoms. The van der Waals surface area contributed by atoms with Crippen molar-refractivity contribution in [2.45, 2.75) is 51.7 Å². The molecule has 2 atom stereocenters. The number of halogens is 1. The second kappa shape index (κ2) is 11.5. The number of para-hydroxylation sites is 1. The lowest BCUT2D eigenvalue weighted by molar-refractivity contribution is 0.102. The van der Waals surface area contributed by atoms with E-state index in [1.165, 1.54) is 0 Å². The third-order valence-electron chi connectivity index (χ3n) is 5.81. The number of nitrogens with one attached hydrogen (secondary N) is 1. The first-order chi connectivity index (χ1) is 15.5. The Kier molecular flexibility index (Phi) is 8.78. The third kappa shape index (κ3) is 6.28. The fraction of sp³-hybridized carbons (Fsp3) is 0.423. The highest BCUT2D eigenvalue weighted by molar-refractivity contribution is 5.88. The highest BCUT2D eigenvalue weighted by Gasteiger charge is 2.21. The number of aliphatic hydroxyl groups is 1. The molecule has 2 N–H and O–H groups in total. The highest BCUT2D eigenvalue weighted by atomic mass is 35.5. The maximum absolute atomic E-state index is 12.4. The minimum Gasteiger partial charge on any atom is -0.492 e. The van der Waals surface area contributed by atoms with Crippen LogP contribution in [0.4, 0.5) is 0 Å². The Morgan fingerprint density at radius 1 is 1.06 bits per heavy atom. The van der Waals surface area contributed by atoms with E-state index in [1.807, 2.05) is 56.3 Å². The van der Waals surface area contributed by atoms with Gasteiger partial charge in [0.05, 0.1) is 5.39 Å². The predicted octanol–water partition coefficient (Wildman–Crippen LogP) is 4.20. The van der Waals surface area contributed by atoms with Gasteiger partial charge >= 0.3 is 5.63 Å². The van der Waals surface area contributed by atoms with E-state index in [9.17, 15) is 9.90 Å². The van der Waals surface area contributed by atoms with Crippen molar-refractivity contribution in [1.29, 1.82) is 0 Å². The predicted molar refractivity (Wildman–Crippen MR) is 132 cm³/mol. The molecule has 0 fully saturated rings. The van der Waals surface area contributed by atoms with Crippen molar-refractivity contribution in [3.63, 3.8) is 0 Å². The van der Waals surface area contributed by atoms with Gasteiger partial charge in [0.1, 0.15) is 36.4 Å². The van der Waals surface area contributed by atoms with Crippen LogP contribution in [0.5, 0.6) is 11.5 Å². The summed E-state index contributed by atoms with van der Waals surface area (Å²) in [5, 5.41) is 14.6. The number of aliphatic hydroxyl groups excluding tert-OH is 1. The van der Waals surface area contributed by atoms with E-state index in [2.05, 4.69) is 5.32 Å². The largest absolute Gasteiger partial charge is 0.492 e. The average molecular weight is 474 g/mol. The molecule has 3 aromatic rings. The van der Waals surface area contributed by atoms with Crippen molar-refractivity contribution < 1.29 is 19.0 Å². The second-order valence-corrected chi connectivity index (χ2v) is 8.59. The number of benzene rings is 2. The number of hydrogen-bond donors (Lipinski definition) is 2. The zero-order valence-corrected chi connectivity index (χ0v) is 20.0. The molecule has 178 valence electrons. The molecule has 0 radical (unpaired) electrons. The molecular weight excluding hydrogens is 442 g/mol. The van der Waals surface area contributed by atoms with E-state index in [0.717, 1.165) is 53.5 Å². The Bertz CT molecular complexity index is 1120. The molecule has 7 heteroatoms. The number of ether oxygens (including phenoxy) is 2. The van der Waals surface area contributed by atoms with Crippen molar-refractivity contribution >= 4 is 23.4 Å². The lowest BCUT2D eigenvalue weighted by Gasteiger charge is -2.21. The van der Waals surface area contributed by atoms with Crippen molar-refractivity contribution in [2.75, 3.05) is 19.8 Å². The Hall–Kier alpha value is -2.54. The molecule has 0 bridgehead atoms. The van der Waals surface area contributed by atoms with Crippen LogP contribution >= 0.6 is 12.4 Å². The molecule has 6 nitrogen and oxygen atoms in total. The van der Waals surface area contributed by atoms with E-state index in [4.69, 9.17) is 13.9 Å². The molecule has 1 aliphatic rings. The summed E-state index contributed by atoms with van der Waals surface area (Å²) in [6.07, 6.45) is 2.96. The summed E-state index contributed by atoms with van der Waals surface area (Å²) in [7, 11) is 0. The van der Waals surface area contributed by atoms with Crippen LogP contribution < -0.4 is 20.4 Å². The zero-order chi connectivity index (χ0) is 22.5. The van der Waals surface area contributed by atoms with Gasteiger partial charge in [0.25, 0.3) is 0 Å². The van der Waals surface area contributed by atoms with Crippen LogP contribution in [0.15, 0.2) is 51.7 Å². The van der Waals surface area contributed by atoms with Gasteiger partial charge < -0.3 is 24.3 Å².